The Labute approximate surface area is 69.4 Å². The van der Waals surface area contributed by atoms with Gasteiger partial charge in [-0.1, -0.05) is 0 Å². The molecule has 0 spiro atoms. The molecular formula is C6H3BrN2O2. The van der Waals surface area contributed by atoms with Crippen molar-refractivity contribution in [3.63, 3.8) is 0 Å². The molecule has 0 fully saturated rings. The summed E-state index contributed by atoms with van der Waals surface area (Å²) in [6.45, 7) is 0. The molecule has 0 aromatic carbocycles. The van der Waals surface area contributed by atoms with E-state index in [2.05, 4.69) is 30.3 Å². The lowest BCUT2D eigenvalue weighted by Crippen LogP contribution is -1.92. The van der Waals surface area contributed by atoms with Crippen molar-refractivity contribution in [2.45, 2.75) is 0 Å². The number of aromatic nitrogens is 2. The maximum absolute atomic E-state index is 10.6. The van der Waals surface area contributed by atoms with Gasteiger partial charge in [-0.3, -0.25) is 4.98 Å². The number of oxazole rings is 1. The third-order valence-electron chi connectivity index (χ3n) is 1.24. The standard InChI is InChI=1S/C6H3BrN2O2/c7-3-1-4-5(8-2-3)11-6(10)9-4/h1-2H,(H,9,10). The Balaban J connectivity index is 2.92. The Bertz CT molecular complexity index is 445. The molecule has 4 nitrogen and oxygen atoms in total. The average molecular weight is 215 g/mol. The number of nitrogens with one attached hydrogen (secondary N) is 1. The highest BCUT2D eigenvalue weighted by Crippen LogP contribution is 2.13. The number of nitrogens with zero attached hydrogens (tertiary/aromatic N) is 1. The van der Waals surface area contributed by atoms with E-state index in [1.807, 2.05) is 0 Å². The third-order valence-corrected chi connectivity index (χ3v) is 1.68. The monoisotopic (exact) mass is 214 g/mol. The summed E-state index contributed by atoms with van der Waals surface area (Å²) in [4.78, 5) is 17.0. The predicted octanol–water partition coefficient (Wildman–Crippen LogP) is 1.28. The summed E-state index contributed by atoms with van der Waals surface area (Å²) in [6, 6.07) is 1.73. The molecule has 2 rings (SSSR count). The van der Waals surface area contributed by atoms with E-state index in [1.54, 1.807) is 12.3 Å². The highest BCUT2D eigenvalue weighted by atomic mass is 79.9. The van der Waals surface area contributed by atoms with Gasteiger partial charge in [0.1, 0.15) is 5.52 Å². The number of rotatable bonds is 0. The van der Waals surface area contributed by atoms with E-state index in [-0.39, 0.29) is 0 Å². The number of halogens is 1. The van der Waals surface area contributed by atoms with Crippen LogP contribution in [0.1, 0.15) is 0 Å². The summed E-state index contributed by atoms with van der Waals surface area (Å²) in [5.41, 5.74) is 0.933. The molecule has 1 N–H and O–H groups in total. The molecule has 0 amide bonds. The van der Waals surface area contributed by atoms with Crippen molar-refractivity contribution in [3.05, 3.63) is 27.3 Å². The molecule has 0 bridgehead atoms. The molecule has 0 unspecified atom stereocenters. The summed E-state index contributed by atoms with van der Waals surface area (Å²) in [5.74, 6) is -0.481. The maximum Gasteiger partial charge on any atom is 0.418 e. The van der Waals surface area contributed by atoms with Crippen molar-refractivity contribution >= 4 is 27.2 Å². The van der Waals surface area contributed by atoms with Gasteiger partial charge < -0.3 is 4.42 Å². The van der Waals surface area contributed by atoms with Crippen molar-refractivity contribution in [2.75, 3.05) is 0 Å². The van der Waals surface area contributed by atoms with Gasteiger partial charge in [0.25, 0.3) is 0 Å². The van der Waals surface area contributed by atoms with E-state index in [1.165, 1.54) is 0 Å². The van der Waals surface area contributed by atoms with Crippen molar-refractivity contribution in [1.29, 1.82) is 0 Å². The first-order valence-corrected chi connectivity index (χ1v) is 3.69. The molecule has 2 aromatic heterocycles. The van der Waals surface area contributed by atoms with Crippen molar-refractivity contribution in [3.8, 4) is 0 Å². The Hall–Kier alpha value is -1.10. The minimum absolute atomic E-state index is 0.332. The lowest BCUT2D eigenvalue weighted by atomic mass is 10.4. The normalized spacial score (nSPS) is 10.6. The molecule has 0 aliphatic carbocycles. The minimum atomic E-state index is -0.481. The fourth-order valence-electron chi connectivity index (χ4n) is 0.821. The first-order valence-electron chi connectivity index (χ1n) is 2.90. The van der Waals surface area contributed by atoms with Gasteiger partial charge in [0, 0.05) is 10.7 Å². The van der Waals surface area contributed by atoms with Gasteiger partial charge in [-0.05, 0) is 22.0 Å². The second-order valence-corrected chi connectivity index (χ2v) is 2.94. The largest absolute Gasteiger partial charge is 0.418 e. The van der Waals surface area contributed by atoms with Crippen LogP contribution in [-0.4, -0.2) is 9.97 Å². The van der Waals surface area contributed by atoms with Gasteiger partial charge in [0.05, 0.1) is 0 Å². The van der Waals surface area contributed by atoms with Crippen LogP contribution in [0.2, 0.25) is 0 Å². The van der Waals surface area contributed by atoms with Crippen molar-refractivity contribution in [2.24, 2.45) is 0 Å². The number of pyridine rings is 1. The molecule has 11 heavy (non-hydrogen) atoms. The minimum Gasteiger partial charge on any atom is -0.389 e. The number of hydrogen-bond donors (Lipinski definition) is 1. The van der Waals surface area contributed by atoms with Crippen LogP contribution in [-0.2, 0) is 0 Å². The molecule has 2 heterocycles. The molecule has 0 radical (unpaired) electrons. The van der Waals surface area contributed by atoms with E-state index in [4.69, 9.17) is 0 Å². The summed E-state index contributed by atoms with van der Waals surface area (Å²) in [6.07, 6.45) is 1.57. The zero-order chi connectivity index (χ0) is 7.84. The van der Waals surface area contributed by atoms with Crippen LogP contribution < -0.4 is 5.76 Å². The number of H-pyrrole nitrogens is 1. The third kappa shape index (κ3) is 1.07. The van der Waals surface area contributed by atoms with E-state index in [9.17, 15) is 4.79 Å². The van der Waals surface area contributed by atoms with Gasteiger partial charge in [0.15, 0.2) is 0 Å². The molecule has 5 heteroatoms. The Morgan fingerprint density at radius 3 is 3.27 bits per heavy atom. The van der Waals surface area contributed by atoms with Crippen LogP contribution in [0.25, 0.3) is 11.2 Å². The van der Waals surface area contributed by atoms with Crippen LogP contribution in [0.3, 0.4) is 0 Å². The lowest BCUT2D eigenvalue weighted by molar-refractivity contribution is 0.545. The van der Waals surface area contributed by atoms with Crippen LogP contribution in [0.15, 0.2) is 25.9 Å². The molecule has 2 aromatic rings. The Kier molecular flexibility index (Phi) is 1.32. The topological polar surface area (TPSA) is 58.9 Å². The van der Waals surface area contributed by atoms with Gasteiger partial charge in [-0.2, -0.15) is 0 Å². The summed E-state index contributed by atoms with van der Waals surface area (Å²) >= 11 is 3.22. The molecular weight excluding hydrogens is 212 g/mol. The average Bonchev–Trinajstić information content (AvgIpc) is 2.27. The van der Waals surface area contributed by atoms with Gasteiger partial charge in [-0.15, -0.1) is 0 Å². The highest BCUT2D eigenvalue weighted by molar-refractivity contribution is 9.10. The number of aromatic amines is 1. The summed E-state index contributed by atoms with van der Waals surface area (Å²) in [5, 5.41) is 0. The van der Waals surface area contributed by atoms with Gasteiger partial charge in [-0.25, -0.2) is 9.78 Å². The quantitative estimate of drug-likeness (QED) is 0.719. The number of fused-ring (bicyclic) bond motifs is 1. The predicted molar refractivity (Wildman–Crippen MR) is 42.3 cm³/mol. The molecule has 0 aliphatic heterocycles. The zero-order valence-electron chi connectivity index (χ0n) is 5.30. The summed E-state index contributed by atoms with van der Waals surface area (Å²) in [7, 11) is 0. The van der Waals surface area contributed by atoms with E-state index in [0.29, 0.717) is 11.2 Å². The second kappa shape index (κ2) is 2.20. The molecule has 0 atom stereocenters. The SMILES string of the molecule is O=c1[nH]c2cc(Br)cnc2o1. The van der Waals surface area contributed by atoms with Crippen molar-refractivity contribution < 1.29 is 4.42 Å². The smallest absolute Gasteiger partial charge is 0.389 e. The highest BCUT2D eigenvalue weighted by Gasteiger charge is 2.00. The van der Waals surface area contributed by atoms with Crippen LogP contribution >= 0.6 is 15.9 Å². The molecule has 0 saturated heterocycles. The Morgan fingerprint density at radius 1 is 1.64 bits per heavy atom. The lowest BCUT2D eigenvalue weighted by Gasteiger charge is -1.85. The van der Waals surface area contributed by atoms with Crippen LogP contribution in [0, 0.1) is 0 Å². The molecule has 56 valence electrons. The molecule has 0 aliphatic rings. The van der Waals surface area contributed by atoms with E-state index >= 15 is 0 Å². The number of hydrogen-bond acceptors (Lipinski definition) is 3. The molecule has 0 saturated carbocycles. The van der Waals surface area contributed by atoms with E-state index in [0.717, 1.165) is 4.47 Å². The fraction of sp³-hybridized carbons (Fsp3) is 0. The zero-order valence-corrected chi connectivity index (χ0v) is 6.88. The van der Waals surface area contributed by atoms with Gasteiger partial charge in [0.2, 0.25) is 5.71 Å². The Morgan fingerprint density at radius 2 is 2.45 bits per heavy atom. The van der Waals surface area contributed by atoms with Crippen LogP contribution in [0.5, 0.6) is 0 Å². The first kappa shape index (κ1) is 6.60. The second-order valence-electron chi connectivity index (χ2n) is 2.02. The van der Waals surface area contributed by atoms with E-state index < -0.39 is 5.76 Å². The van der Waals surface area contributed by atoms with Crippen LogP contribution in [0.4, 0.5) is 0 Å². The van der Waals surface area contributed by atoms with Crippen molar-refractivity contribution in [1.82, 2.24) is 9.97 Å². The maximum atomic E-state index is 10.6. The first-order chi connectivity index (χ1) is 5.25. The fourth-order valence-corrected chi connectivity index (χ4v) is 1.15. The summed E-state index contributed by atoms with van der Waals surface area (Å²) < 4.78 is 5.49. The van der Waals surface area contributed by atoms with Gasteiger partial charge >= 0.3 is 5.76 Å².